The summed E-state index contributed by atoms with van der Waals surface area (Å²) in [6.07, 6.45) is 0. The van der Waals surface area contributed by atoms with Crippen molar-refractivity contribution >= 4 is 52.1 Å². The molecule has 0 aliphatic carbocycles. The van der Waals surface area contributed by atoms with Gasteiger partial charge in [-0.1, -0.05) is 40.9 Å². The summed E-state index contributed by atoms with van der Waals surface area (Å²) in [5.41, 5.74) is 7.50. The molecule has 0 unspecified atom stereocenters. The Morgan fingerprint density at radius 3 is 2.42 bits per heavy atom. The van der Waals surface area contributed by atoms with Gasteiger partial charge in [0.25, 0.3) is 5.91 Å². The number of ether oxygens (including phenoxy) is 1. The maximum absolute atomic E-state index is 12.4. The molecule has 0 aromatic heterocycles. The summed E-state index contributed by atoms with van der Waals surface area (Å²) in [7, 11) is 0. The van der Waals surface area contributed by atoms with E-state index < -0.39 is 0 Å². The van der Waals surface area contributed by atoms with Crippen molar-refractivity contribution in [3.63, 3.8) is 0 Å². The largest absolute Gasteiger partial charge is 0.482 e. The monoisotopic (exact) mass is 413 g/mol. The highest BCUT2D eigenvalue weighted by atomic mass is 35.5. The van der Waals surface area contributed by atoms with E-state index in [0.29, 0.717) is 52.7 Å². The Bertz CT molecular complexity index is 788. The first-order valence-electron chi connectivity index (χ1n) is 8.10. The van der Waals surface area contributed by atoms with Crippen LogP contribution in [0.4, 0.5) is 11.4 Å². The molecule has 2 aromatic rings. The minimum atomic E-state index is -0.0946. The van der Waals surface area contributed by atoms with Gasteiger partial charge in [0.05, 0.1) is 21.4 Å². The molecule has 0 radical (unpaired) electrons. The lowest BCUT2D eigenvalue weighted by Gasteiger charge is -2.37. The standard InChI is InChI=1S/C18H18Cl3N3O2/c19-12-4-5-16(14(21)10-12)26-11-17(25)23-6-8-24(9-7-23)18-13(20)2-1-3-15(18)22/h1-5,10H,6-9,11,22H2. The number of nitrogen functional groups attached to an aromatic ring is 1. The van der Waals surface area contributed by atoms with E-state index in [9.17, 15) is 4.79 Å². The van der Waals surface area contributed by atoms with E-state index >= 15 is 0 Å². The molecule has 26 heavy (non-hydrogen) atoms. The molecule has 138 valence electrons. The highest BCUT2D eigenvalue weighted by Gasteiger charge is 2.24. The fourth-order valence-corrected chi connectivity index (χ4v) is 3.63. The van der Waals surface area contributed by atoms with Crippen LogP contribution in [0, 0.1) is 0 Å². The van der Waals surface area contributed by atoms with E-state index in [4.69, 9.17) is 45.3 Å². The average molecular weight is 415 g/mol. The van der Waals surface area contributed by atoms with Crippen LogP contribution in [0.15, 0.2) is 36.4 Å². The summed E-state index contributed by atoms with van der Waals surface area (Å²) in [5, 5.41) is 1.51. The third kappa shape index (κ3) is 4.29. The van der Waals surface area contributed by atoms with Crippen molar-refractivity contribution < 1.29 is 9.53 Å². The molecular formula is C18H18Cl3N3O2. The van der Waals surface area contributed by atoms with E-state index in [0.717, 1.165) is 5.69 Å². The molecule has 1 amide bonds. The molecule has 3 rings (SSSR count). The Morgan fingerprint density at radius 2 is 1.77 bits per heavy atom. The maximum atomic E-state index is 12.4. The molecule has 5 nitrogen and oxygen atoms in total. The summed E-state index contributed by atoms with van der Waals surface area (Å²) in [6.45, 7) is 2.38. The fraction of sp³-hybridized carbons (Fsp3) is 0.278. The number of hydrogen-bond donors (Lipinski definition) is 1. The normalized spacial score (nSPS) is 14.4. The van der Waals surface area contributed by atoms with Gasteiger partial charge in [-0.25, -0.2) is 0 Å². The molecule has 1 heterocycles. The minimum Gasteiger partial charge on any atom is -0.482 e. The zero-order chi connectivity index (χ0) is 18.7. The van der Waals surface area contributed by atoms with Crippen LogP contribution in [0.3, 0.4) is 0 Å². The van der Waals surface area contributed by atoms with E-state index in [2.05, 4.69) is 4.90 Å². The van der Waals surface area contributed by atoms with E-state index in [1.807, 2.05) is 18.2 Å². The number of nitrogens with zero attached hydrogens (tertiary/aromatic N) is 2. The zero-order valence-corrected chi connectivity index (χ0v) is 16.2. The van der Waals surface area contributed by atoms with Gasteiger partial charge in [0.15, 0.2) is 6.61 Å². The van der Waals surface area contributed by atoms with E-state index in [-0.39, 0.29) is 12.5 Å². The third-order valence-corrected chi connectivity index (χ3v) is 5.05. The lowest BCUT2D eigenvalue weighted by Crippen LogP contribution is -2.50. The second-order valence-corrected chi connectivity index (χ2v) is 7.16. The lowest BCUT2D eigenvalue weighted by molar-refractivity contribution is -0.133. The second kappa shape index (κ2) is 8.25. The molecule has 0 bridgehead atoms. The summed E-state index contributed by atoms with van der Waals surface area (Å²) in [6, 6.07) is 10.4. The molecule has 1 saturated heterocycles. The van der Waals surface area contributed by atoms with Crippen LogP contribution in [-0.4, -0.2) is 43.6 Å². The predicted molar refractivity (Wildman–Crippen MR) is 107 cm³/mol. The number of anilines is 2. The maximum Gasteiger partial charge on any atom is 0.260 e. The number of hydrogen-bond acceptors (Lipinski definition) is 4. The number of carbonyl (C=O) groups excluding carboxylic acids is 1. The van der Waals surface area contributed by atoms with Gasteiger partial charge < -0.3 is 20.3 Å². The molecular weight excluding hydrogens is 397 g/mol. The Morgan fingerprint density at radius 1 is 1.04 bits per heavy atom. The molecule has 0 saturated carbocycles. The second-order valence-electron chi connectivity index (χ2n) is 5.91. The van der Waals surface area contributed by atoms with Gasteiger partial charge in [-0.2, -0.15) is 0 Å². The molecule has 2 N–H and O–H groups in total. The van der Waals surface area contributed by atoms with Gasteiger partial charge in [0.2, 0.25) is 0 Å². The number of para-hydroxylation sites is 1. The van der Waals surface area contributed by atoms with Crippen molar-refractivity contribution in [1.82, 2.24) is 4.90 Å². The van der Waals surface area contributed by atoms with Crippen molar-refractivity contribution in [3.8, 4) is 5.75 Å². The smallest absolute Gasteiger partial charge is 0.260 e. The first-order chi connectivity index (χ1) is 12.5. The molecule has 8 heteroatoms. The van der Waals surface area contributed by atoms with Crippen molar-refractivity contribution in [2.75, 3.05) is 43.4 Å². The van der Waals surface area contributed by atoms with Crippen LogP contribution in [0.5, 0.6) is 5.75 Å². The third-order valence-electron chi connectivity index (χ3n) is 4.21. The fourth-order valence-electron chi connectivity index (χ4n) is 2.87. The number of carbonyl (C=O) groups is 1. The van der Waals surface area contributed by atoms with Crippen molar-refractivity contribution in [1.29, 1.82) is 0 Å². The number of halogens is 3. The number of rotatable bonds is 4. The minimum absolute atomic E-state index is 0.0738. The van der Waals surface area contributed by atoms with Crippen molar-refractivity contribution in [3.05, 3.63) is 51.5 Å². The van der Waals surface area contributed by atoms with Gasteiger partial charge >= 0.3 is 0 Å². The molecule has 1 aliphatic heterocycles. The van der Waals surface area contributed by atoms with Crippen LogP contribution in [-0.2, 0) is 4.79 Å². The highest BCUT2D eigenvalue weighted by molar-refractivity contribution is 6.35. The summed E-state index contributed by atoms with van der Waals surface area (Å²) in [4.78, 5) is 16.2. The molecule has 1 aliphatic rings. The van der Waals surface area contributed by atoms with Gasteiger partial charge in [-0.05, 0) is 30.3 Å². The van der Waals surface area contributed by atoms with Crippen LogP contribution < -0.4 is 15.4 Å². The van der Waals surface area contributed by atoms with Crippen LogP contribution in [0.2, 0.25) is 15.1 Å². The molecule has 2 aromatic carbocycles. The van der Waals surface area contributed by atoms with Crippen molar-refractivity contribution in [2.45, 2.75) is 0 Å². The topological polar surface area (TPSA) is 58.8 Å². The number of amides is 1. The number of piperazine rings is 1. The Labute approximate surface area is 167 Å². The Hall–Kier alpha value is -1.82. The van der Waals surface area contributed by atoms with Gasteiger partial charge in [0, 0.05) is 31.2 Å². The average Bonchev–Trinajstić information content (AvgIpc) is 2.61. The van der Waals surface area contributed by atoms with Gasteiger partial charge in [-0.3, -0.25) is 4.79 Å². The summed E-state index contributed by atoms with van der Waals surface area (Å²) >= 11 is 18.2. The molecule has 0 spiro atoms. The van der Waals surface area contributed by atoms with Crippen LogP contribution in [0.1, 0.15) is 0 Å². The van der Waals surface area contributed by atoms with Gasteiger partial charge in [0.1, 0.15) is 5.75 Å². The van der Waals surface area contributed by atoms with Gasteiger partial charge in [-0.15, -0.1) is 0 Å². The van der Waals surface area contributed by atoms with Crippen molar-refractivity contribution in [2.24, 2.45) is 0 Å². The number of nitrogens with two attached hydrogens (primary N) is 1. The summed E-state index contributed by atoms with van der Waals surface area (Å²) < 4.78 is 5.52. The first kappa shape index (κ1) is 19.0. The highest BCUT2D eigenvalue weighted by Crippen LogP contribution is 2.32. The summed E-state index contributed by atoms with van der Waals surface area (Å²) in [5.74, 6) is 0.342. The predicted octanol–water partition coefficient (Wildman–Crippen LogP) is 3.96. The first-order valence-corrected chi connectivity index (χ1v) is 9.23. The molecule has 0 atom stereocenters. The molecule has 1 fully saturated rings. The Balaban J connectivity index is 1.55. The van der Waals surface area contributed by atoms with E-state index in [1.165, 1.54) is 0 Å². The Kier molecular flexibility index (Phi) is 6.01. The van der Waals surface area contributed by atoms with Crippen LogP contribution in [0.25, 0.3) is 0 Å². The quantitative estimate of drug-likeness (QED) is 0.770. The zero-order valence-electron chi connectivity index (χ0n) is 13.9. The lowest BCUT2D eigenvalue weighted by atomic mass is 10.2. The van der Waals surface area contributed by atoms with E-state index in [1.54, 1.807) is 23.1 Å². The SMILES string of the molecule is Nc1cccc(Cl)c1N1CCN(C(=O)COc2ccc(Cl)cc2Cl)CC1. The van der Waals surface area contributed by atoms with Crippen LogP contribution >= 0.6 is 34.8 Å². The number of benzene rings is 2.